The number of carbonyl (C=O) groups is 1. The Morgan fingerprint density at radius 3 is 2.32 bits per heavy atom. The third kappa shape index (κ3) is 5.23. The van der Waals surface area contributed by atoms with E-state index in [1.165, 1.54) is 0 Å². The molecule has 0 spiro atoms. The van der Waals surface area contributed by atoms with Gasteiger partial charge < -0.3 is 10.2 Å². The summed E-state index contributed by atoms with van der Waals surface area (Å²) in [5.41, 5.74) is 2.48. The molecule has 3 aromatic rings. The molecule has 0 aliphatic heterocycles. The van der Waals surface area contributed by atoms with Crippen molar-refractivity contribution < 1.29 is 4.79 Å². The molecule has 0 saturated carbocycles. The molecule has 0 radical (unpaired) electrons. The van der Waals surface area contributed by atoms with Crippen molar-refractivity contribution in [3.05, 3.63) is 107 Å². The number of hydrogen-bond acceptors (Lipinski definition) is 3. The number of rotatable bonds is 6. The number of carbonyl (C=O) groups excluding carboxylic acids is 1. The average Bonchev–Trinajstić information content (AvgIpc) is 2.72. The zero-order valence-electron chi connectivity index (χ0n) is 15.0. The summed E-state index contributed by atoms with van der Waals surface area (Å²) in [7, 11) is 0. The molecule has 0 aromatic heterocycles. The molecule has 1 amide bonds. The minimum absolute atomic E-state index is 0.000223. The van der Waals surface area contributed by atoms with Gasteiger partial charge in [-0.1, -0.05) is 66.2 Å². The highest BCUT2D eigenvalue weighted by atomic mass is 35.5. The minimum Gasteiger partial charge on any atom is -0.342 e. The molecule has 138 valence electrons. The number of nitrogens with zero attached hydrogens (tertiary/aromatic N) is 2. The van der Waals surface area contributed by atoms with E-state index in [9.17, 15) is 10.1 Å². The van der Waals surface area contributed by atoms with Gasteiger partial charge in [0.15, 0.2) is 0 Å². The largest absolute Gasteiger partial charge is 0.342 e. The van der Waals surface area contributed by atoms with Crippen molar-refractivity contribution in [1.82, 2.24) is 0 Å². The molecule has 0 saturated heterocycles. The van der Waals surface area contributed by atoms with Crippen LogP contribution in [0.25, 0.3) is 0 Å². The van der Waals surface area contributed by atoms with Crippen LogP contribution >= 0.6 is 11.6 Å². The molecule has 0 atom stereocenters. The lowest BCUT2D eigenvalue weighted by Gasteiger charge is -2.21. The van der Waals surface area contributed by atoms with Gasteiger partial charge in [-0.05, 0) is 35.9 Å². The maximum absolute atomic E-state index is 12.6. The Morgan fingerprint density at radius 2 is 1.68 bits per heavy atom. The zero-order valence-corrected chi connectivity index (χ0v) is 15.8. The monoisotopic (exact) mass is 387 g/mol. The first-order chi connectivity index (χ1) is 13.7. The predicted octanol–water partition coefficient (Wildman–Crippen LogP) is 5.39. The molecule has 3 aromatic carbocycles. The Labute approximate surface area is 169 Å². The van der Waals surface area contributed by atoms with Gasteiger partial charge >= 0.3 is 0 Å². The third-order valence-corrected chi connectivity index (χ3v) is 4.25. The van der Waals surface area contributed by atoms with Crippen molar-refractivity contribution in [1.29, 1.82) is 5.26 Å². The standard InChI is InChI=1S/C23H18ClN3O/c24-20-10-7-11-21(14-20)26-23(28)19(15-25)17-27(22-12-5-2-6-13-22)16-18-8-3-1-4-9-18/h1-14,17H,16H2,(H,26,28)/b19-17-. The summed E-state index contributed by atoms with van der Waals surface area (Å²) in [5.74, 6) is -0.487. The van der Waals surface area contributed by atoms with Crippen LogP contribution in [0.4, 0.5) is 11.4 Å². The Balaban J connectivity index is 1.88. The Bertz CT molecular complexity index is 1010. The summed E-state index contributed by atoms with van der Waals surface area (Å²) in [6, 6.07) is 28.3. The van der Waals surface area contributed by atoms with E-state index in [0.29, 0.717) is 17.3 Å². The molecule has 28 heavy (non-hydrogen) atoms. The fourth-order valence-electron chi connectivity index (χ4n) is 2.67. The number of amides is 1. The van der Waals surface area contributed by atoms with E-state index in [0.717, 1.165) is 11.3 Å². The lowest BCUT2D eigenvalue weighted by Crippen LogP contribution is -2.20. The molecule has 5 heteroatoms. The molecule has 1 N–H and O–H groups in total. The van der Waals surface area contributed by atoms with Crippen LogP contribution in [0, 0.1) is 11.3 Å². The lowest BCUT2D eigenvalue weighted by atomic mass is 10.2. The number of nitrogens with one attached hydrogen (secondary N) is 1. The van der Waals surface area contributed by atoms with Crippen molar-refractivity contribution in [2.24, 2.45) is 0 Å². The first kappa shape index (κ1) is 19.2. The van der Waals surface area contributed by atoms with Crippen molar-refractivity contribution in [2.75, 3.05) is 10.2 Å². The fraction of sp³-hybridized carbons (Fsp3) is 0.0435. The molecular weight excluding hydrogens is 370 g/mol. The van der Waals surface area contributed by atoms with Crippen LogP contribution in [-0.2, 0) is 11.3 Å². The third-order valence-electron chi connectivity index (χ3n) is 4.02. The molecular formula is C23H18ClN3O. The van der Waals surface area contributed by atoms with Crippen molar-refractivity contribution in [2.45, 2.75) is 6.54 Å². The molecule has 0 aliphatic carbocycles. The van der Waals surface area contributed by atoms with Crippen LogP contribution in [0.5, 0.6) is 0 Å². The first-order valence-corrected chi connectivity index (χ1v) is 9.08. The zero-order chi connectivity index (χ0) is 19.8. The van der Waals surface area contributed by atoms with E-state index >= 15 is 0 Å². The van der Waals surface area contributed by atoms with Crippen LogP contribution < -0.4 is 10.2 Å². The van der Waals surface area contributed by atoms with Gasteiger partial charge in [-0.15, -0.1) is 0 Å². The second-order valence-electron chi connectivity index (χ2n) is 6.07. The number of nitriles is 1. The van der Waals surface area contributed by atoms with Crippen LogP contribution in [0.1, 0.15) is 5.56 Å². The summed E-state index contributed by atoms with van der Waals surface area (Å²) in [4.78, 5) is 14.5. The van der Waals surface area contributed by atoms with Gasteiger partial charge in [0, 0.05) is 29.1 Å². The summed E-state index contributed by atoms with van der Waals surface area (Å²) < 4.78 is 0. The van der Waals surface area contributed by atoms with Gasteiger partial charge in [-0.2, -0.15) is 5.26 Å². The second kappa shape index (κ2) is 9.40. The SMILES string of the molecule is N#C/C(=C/N(Cc1ccccc1)c1ccccc1)C(=O)Nc1cccc(Cl)c1. The molecule has 0 heterocycles. The Hall–Kier alpha value is -3.55. The predicted molar refractivity (Wildman–Crippen MR) is 113 cm³/mol. The summed E-state index contributed by atoms with van der Waals surface area (Å²) in [5, 5.41) is 12.8. The molecule has 4 nitrogen and oxygen atoms in total. The van der Waals surface area contributed by atoms with Gasteiger partial charge in [0.1, 0.15) is 11.6 Å². The van der Waals surface area contributed by atoms with Crippen LogP contribution in [-0.4, -0.2) is 5.91 Å². The number of para-hydroxylation sites is 1. The van der Waals surface area contributed by atoms with Crippen LogP contribution in [0.2, 0.25) is 5.02 Å². The summed E-state index contributed by atoms with van der Waals surface area (Å²) >= 11 is 5.96. The first-order valence-electron chi connectivity index (χ1n) is 8.70. The normalized spacial score (nSPS) is 10.8. The highest BCUT2D eigenvalue weighted by molar-refractivity contribution is 6.31. The number of anilines is 2. The van der Waals surface area contributed by atoms with Gasteiger partial charge in [0.2, 0.25) is 0 Å². The smallest absolute Gasteiger partial charge is 0.267 e. The molecule has 0 aliphatic rings. The number of hydrogen-bond donors (Lipinski definition) is 1. The minimum atomic E-state index is -0.487. The molecule has 3 rings (SSSR count). The quantitative estimate of drug-likeness (QED) is 0.455. The van der Waals surface area contributed by atoms with E-state index in [2.05, 4.69) is 5.32 Å². The van der Waals surface area contributed by atoms with Crippen molar-refractivity contribution in [3.8, 4) is 6.07 Å². The molecule has 0 bridgehead atoms. The maximum atomic E-state index is 12.6. The van der Waals surface area contributed by atoms with Crippen LogP contribution in [0.3, 0.4) is 0 Å². The molecule has 0 fully saturated rings. The van der Waals surface area contributed by atoms with Gasteiger partial charge in [0.25, 0.3) is 5.91 Å². The maximum Gasteiger partial charge on any atom is 0.267 e. The van der Waals surface area contributed by atoms with E-state index in [1.54, 1.807) is 30.5 Å². The van der Waals surface area contributed by atoms with Crippen LogP contribution in [0.15, 0.2) is 96.7 Å². The van der Waals surface area contributed by atoms with Gasteiger partial charge in [-0.25, -0.2) is 0 Å². The lowest BCUT2D eigenvalue weighted by molar-refractivity contribution is -0.112. The van der Waals surface area contributed by atoms with E-state index in [4.69, 9.17) is 11.6 Å². The Kier molecular flexibility index (Phi) is 6.46. The van der Waals surface area contributed by atoms with Crippen molar-refractivity contribution >= 4 is 28.9 Å². The van der Waals surface area contributed by atoms with Crippen molar-refractivity contribution in [3.63, 3.8) is 0 Å². The number of benzene rings is 3. The topological polar surface area (TPSA) is 56.1 Å². The fourth-order valence-corrected chi connectivity index (χ4v) is 2.86. The second-order valence-corrected chi connectivity index (χ2v) is 6.50. The summed E-state index contributed by atoms with van der Waals surface area (Å²) in [6.07, 6.45) is 1.57. The highest BCUT2D eigenvalue weighted by Gasteiger charge is 2.13. The Morgan fingerprint density at radius 1 is 1.00 bits per heavy atom. The number of halogens is 1. The van der Waals surface area contributed by atoms with E-state index < -0.39 is 5.91 Å². The average molecular weight is 388 g/mol. The summed E-state index contributed by atoms with van der Waals surface area (Å²) in [6.45, 7) is 0.528. The highest BCUT2D eigenvalue weighted by Crippen LogP contribution is 2.20. The van der Waals surface area contributed by atoms with Gasteiger partial charge in [0.05, 0.1) is 0 Å². The van der Waals surface area contributed by atoms with E-state index in [-0.39, 0.29) is 5.57 Å². The van der Waals surface area contributed by atoms with Gasteiger partial charge in [-0.3, -0.25) is 4.79 Å². The van der Waals surface area contributed by atoms with E-state index in [1.807, 2.05) is 71.6 Å². The molecule has 0 unspecified atom stereocenters.